The lowest BCUT2D eigenvalue weighted by atomic mass is 9.81. The maximum Gasteiger partial charge on any atom is 0.306 e. The molecule has 0 atom stereocenters. The second-order valence-corrected chi connectivity index (χ2v) is 9.51. The van der Waals surface area contributed by atoms with Gasteiger partial charge in [0, 0.05) is 17.4 Å². The average Bonchev–Trinajstić information content (AvgIpc) is 3.55. The zero-order chi connectivity index (χ0) is 24.4. The van der Waals surface area contributed by atoms with Crippen LogP contribution in [-0.4, -0.2) is 46.5 Å². The smallest absolute Gasteiger partial charge is 0.306 e. The van der Waals surface area contributed by atoms with E-state index in [0.29, 0.717) is 25.2 Å². The summed E-state index contributed by atoms with van der Waals surface area (Å²) in [6, 6.07) is 16.4. The summed E-state index contributed by atoms with van der Waals surface area (Å²) < 4.78 is 2.02. The molecule has 1 fully saturated rings. The van der Waals surface area contributed by atoms with Gasteiger partial charge in [-0.25, -0.2) is 9.67 Å². The molecule has 180 valence electrons. The molecule has 4 aromatic rings. The first-order chi connectivity index (χ1) is 17.0. The van der Waals surface area contributed by atoms with E-state index in [2.05, 4.69) is 64.8 Å². The molecule has 1 aliphatic carbocycles. The Balaban J connectivity index is 1.38. The number of carboxylic acids is 1. The van der Waals surface area contributed by atoms with E-state index in [9.17, 15) is 9.90 Å². The van der Waals surface area contributed by atoms with Crippen LogP contribution in [0.2, 0.25) is 0 Å². The van der Waals surface area contributed by atoms with Crippen LogP contribution in [-0.2, 0) is 11.3 Å². The first-order valence-corrected chi connectivity index (χ1v) is 12.1. The number of aliphatic carboxylic acids is 1. The second kappa shape index (κ2) is 9.77. The van der Waals surface area contributed by atoms with Crippen LogP contribution in [0.1, 0.15) is 68.6 Å². The molecule has 2 N–H and O–H groups in total. The number of rotatable bonds is 7. The number of aromatic amines is 1. The minimum atomic E-state index is -0.686. The zero-order valence-electron chi connectivity index (χ0n) is 19.9. The monoisotopic (exact) mass is 471 g/mol. The normalized spacial score (nSPS) is 18.1. The molecule has 0 aliphatic heterocycles. The van der Waals surface area contributed by atoms with Crippen molar-refractivity contribution in [2.45, 2.75) is 57.9 Å². The predicted octanol–water partition coefficient (Wildman–Crippen LogP) is 4.66. The van der Waals surface area contributed by atoms with E-state index in [1.165, 1.54) is 0 Å². The molecular formula is C26H29N7O2. The third-order valence-electron chi connectivity index (χ3n) is 6.79. The fourth-order valence-electron chi connectivity index (χ4n) is 4.80. The fraction of sp³-hybridized carbons (Fsp3) is 0.385. The summed E-state index contributed by atoms with van der Waals surface area (Å²) in [6.07, 6.45) is 3.05. The van der Waals surface area contributed by atoms with Crippen molar-refractivity contribution in [3.8, 4) is 22.5 Å². The lowest BCUT2D eigenvalue weighted by Gasteiger charge is -2.25. The standard InChI is InChI=1S/C26H29N7O2/c1-16(2)23-27-25(19-11-13-20(14-12-19)26(34)35)33(30-23)15-17-7-9-18(10-8-17)21-5-3-4-6-22(21)24-28-31-32-29-24/h3-10,16,19-20H,11-15H2,1-2H3,(H,34,35)(H,28,29,31,32). The van der Waals surface area contributed by atoms with Crippen LogP contribution in [0.25, 0.3) is 22.5 Å². The van der Waals surface area contributed by atoms with Gasteiger partial charge in [0.15, 0.2) is 5.82 Å². The van der Waals surface area contributed by atoms with Crippen LogP contribution < -0.4 is 0 Å². The molecule has 0 unspecified atom stereocenters. The molecule has 2 heterocycles. The van der Waals surface area contributed by atoms with E-state index in [4.69, 9.17) is 10.1 Å². The highest BCUT2D eigenvalue weighted by molar-refractivity contribution is 5.80. The van der Waals surface area contributed by atoms with Crippen LogP contribution in [0.3, 0.4) is 0 Å². The van der Waals surface area contributed by atoms with E-state index >= 15 is 0 Å². The molecule has 2 aromatic carbocycles. The molecule has 2 aromatic heterocycles. The molecule has 0 amide bonds. The van der Waals surface area contributed by atoms with Crippen molar-refractivity contribution >= 4 is 5.97 Å². The summed E-state index contributed by atoms with van der Waals surface area (Å²) in [5, 5.41) is 28.6. The van der Waals surface area contributed by atoms with Crippen molar-refractivity contribution in [2.24, 2.45) is 5.92 Å². The number of hydrogen-bond donors (Lipinski definition) is 2. The third kappa shape index (κ3) is 4.84. The molecular weight excluding hydrogens is 442 g/mol. The van der Waals surface area contributed by atoms with Gasteiger partial charge in [-0.05, 0) is 47.6 Å². The predicted molar refractivity (Wildman–Crippen MR) is 131 cm³/mol. The van der Waals surface area contributed by atoms with Gasteiger partial charge in [0.25, 0.3) is 0 Å². The van der Waals surface area contributed by atoms with Crippen LogP contribution in [0.4, 0.5) is 0 Å². The number of nitrogens with zero attached hydrogens (tertiary/aromatic N) is 6. The Morgan fingerprint density at radius 3 is 2.40 bits per heavy atom. The van der Waals surface area contributed by atoms with Crippen molar-refractivity contribution in [3.05, 3.63) is 65.7 Å². The van der Waals surface area contributed by atoms with Crippen LogP contribution in [0, 0.1) is 5.92 Å². The van der Waals surface area contributed by atoms with Crippen LogP contribution in [0.15, 0.2) is 48.5 Å². The maximum absolute atomic E-state index is 11.4. The van der Waals surface area contributed by atoms with Crippen molar-refractivity contribution in [1.82, 2.24) is 35.4 Å². The molecule has 1 saturated carbocycles. The van der Waals surface area contributed by atoms with Gasteiger partial charge in [0.1, 0.15) is 5.82 Å². The van der Waals surface area contributed by atoms with Gasteiger partial charge >= 0.3 is 5.97 Å². The number of benzene rings is 2. The van der Waals surface area contributed by atoms with Gasteiger partial charge in [-0.1, -0.05) is 62.4 Å². The van der Waals surface area contributed by atoms with Crippen molar-refractivity contribution in [3.63, 3.8) is 0 Å². The second-order valence-electron chi connectivity index (χ2n) is 9.51. The number of carbonyl (C=O) groups is 1. The summed E-state index contributed by atoms with van der Waals surface area (Å²) in [4.78, 5) is 16.3. The summed E-state index contributed by atoms with van der Waals surface area (Å²) >= 11 is 0. The lowest BCUT2D eigenvalue weighted by Crippen LogP contribution is -2.22. The average molecular weight is 472 g/mol. The third-order valence-corrected chi connectivity index (χ3v) is 6.79. The molecule has 35 heavy (non-hydrogen) atoms. The van der Waals surface area contributed by atoms with Gasteiger partial charge in [-0.15, -0.1) is 10.2 Å². The minimum Gasteiger partial charge on any atom is -0.481 e. The van der Waals surface area contributed by atoms with Gasteiger partial charge in [-0.2, -0.15) is 10.3 Å². The van der Waals surface area contributed by atoms with Crippen molar-refractivity contribution in [2.75, 3.05) is 0 Å². The Morgan fingerprint density at radius 2 is 1.77 bits per heavy atom. The fourth-order valence-corrected chi connectivity index (χ4v) is 4.80. The molecule has 5 rings (SSSR count). The van der Waals surface area contributed by atoms with E-state index in [1.54, 1.807) is 0 Å². The summed E-state index contributed by atoms with van der Waals surface area (Å²) in [5.41, 5.74) is 4.17. The van der Waals surface area contributed by atoms with E-state index < -0.39 is 5.97 Å². The van der Waals surface area contributed by atoms with Crippen LogP contribution >= 0.6 is 0 Å². The summed E-state index contributed by atoms with van der Waals surface area (Å²) in [5.74, 6) is 1.93. The first-order valence-electron chi connectivity index (χ1n) is 12.1. The van der Waals surface area contributed by atoms with E-state index in [0.717, 1.165) is 46.7 Å². The Kier molecular flexibility index (Phi) is 6.39. The lowest BCUT2D eigenvalue weighted by molar-refractivity contribution is -0.142. The van der Waals surface area contributed by atoms with Gasteiger partial charge in [0.05, 0.1) is 12.5 Å². The highest BCUT2D eigenvalue weighted by atomic mass is 16.4. The Bertz CT molecular complexity index is 1290. The zero-order valence-corrected chi connectivity index (χ0v) is 19.9. The largest absolute Gasteiger partial charge is 0.481 e. The van der Waals surface area contributed by atoms with E-state index in [-0.39, 0.29) is 17.8 Å². The number of H-pyrrole nitrogens is 1. The molecule has 0 bridgehead atoms. The molecule has 0 radical (unpaired) electrons. The SMILES string of the molecule is CC(C)c1nc(C2CCC(C(=O)O)CC2)n(Cc2ccc(-c3ccccc3-c3nn[nH]n3)cc2)n1. The highest BCUT2D eigenvalue weighted by Gasteiger charge is 2.30. The van der Waals surface area contributed by atoms with Crippen molar-refractivity contribution < 1.29 is 9.90 Å². The Hall–Kier alpha value is -3.88. The van der Waals surface area contributed by atoms with E-state index in [1.807, 2.05) is 22.9 Å². The van der Waals surface area contributed by atoms with Crippen LogP contribution in [0.5, 0.6) is 0 Å². The van der Waals surface area contributed by atoms with Gasteiger partial charge in [-0.3, -0.25) is 4.79 Å². The Morgan fingerprint density at radius 1 is 1.06 bits per heavy atom. The number of carboxylic acid groups (broad SMARTS) is 1. The maximum atomic E-state index is 11.4. The molecule has 1 aliphatic rings. The number of hydrogen-bond acceptors (Lipinski definition) is 6. The molecule has 0 saturated heterocycles. The quantitative estimate of drug-likeness (QED) is 0.402. The topological polar surface area (TPSA) is 122 Å². The van der Waals surface area contributed by atoms with Gasteiger partial charge < -0.3 is 5.11 Å². The molecule has 9 nitrogen and oxygen atoms in total. The van der Waals surface area contributed by atoms with Gasteiger partial charge in [0.2, 0.25) is 5.82 Å². The minimum absolute atomic E-state index is 0.231. The summed E-state index contributed by atoms with van der Waals surface area (Å²) in [7, 11) is 0. The summed E-state index contributed by atoms with van der Waals surface area (Å²) in [6.45, 7) is 4.82. The number of tetrazole rings is 1. The highest BCUT2D eigenvalue weighted by Crippen LogP contribution is 2.36. The Labute approximate surface area is 203 Å². The molecule has 9 heteroatoms. The number of nitrogens with one attached hydrogen (secondary N) is 1. The first kappa shape index (κ1) is 22.9. The number of aromatic nitrogens is 7. The molecule has 0 spiro atoms. The van der Waals surface area contributed by atoms with Crippen molar-refractivity contribution in [1.29, 1.82) is 0 Å².